The average Bonchev–Trinajstić information content (AvgIpc) is 2.64. The van der Waals surface area contributed by atoms with E-state index in [9.17, 15) is 9.18 Å². The van der Waals surface area contributed by atoms with Crippen LogP contribution in [0.5, 0.6) is 0 Å². The highest BCUT2D eigenvalue weighted by Gasteiger charge is 2.22. The van der Waals surface area contributed by atoms with E-state index in [1.807, 2.05) is 26.8 Å². The van der Waals surface area contributed by atoms with Crippen LogP contribution in [-0.4, -0.2) is 32.6 Å². The first kappa shape index (κ1) is 18.5. The summed E-state index contributed by atoms with van der Waals surface area (Å²) in [5.74, 6) is 2.42. The van der Waals surface area contributed by atoms with Crippen molar-refractivity contribution in [2.75, 3.05) is 18.0 Å². The summed E-state index contributed by atoms with van der Waals surface area (Å²) >= 11 is 0. The van der Waals surface area contributed by atoms with Crippen molar-refractivity contribution in [2.45, 2.75) is 40.2 Å². The normalized spacial score (nSPS) is 15.4. The lowest BCUT2D eigenvalue weighted by atomic mass is 9.96. The smallest absolute Gasteiger partial charge is 0.261 e. The number of nitrogens with zero attached hydrogens (tertiary/aromatic N) is 5. The fourth-order valence-corrected chi connectivity index (χ4v) is 3.98. The number of anilines is 1. The fraction of sp³-hybridized carbons (Fsp3) is 0.429. The second-order valence-electron chi connectivity index (χ2n) is 7.58. The molecule has 3 heterocycles. The van der Waals surface area contributed by atoms with Gasteiger partial charge in [0.25, 0.3) is 5.56 Å². The van der Waals surface area contributed by atoms with Crippen LogP contribution in [0.4, 0.5) is 10.2 Å². The molecule has 0 atom stereocenters. The van der Waals surface area contributed by atoms with Crippen LogP contribution >= 0.6 is 0 Å². The van der Waals surface area contributed by atoms with E-state index in [2.05, 4.69) is 19.9 Å². The van der Waals surface area contributed by atoms with Crippen LogP contribution in [0.15, 0.2) is 29.1 Å². The minimum Gasteiger partial charge on any atom is -0.356 e. The summed E-state index contributed by atoms with van der Waals surface area (Å²) < 4.78 is 15.2. The third-order valence-corrected chi connectivity index (χ3v) is 5.44. The van der Waals surface area contributed by atoms with Crippen LogP contribution in [0, 0.1) is 32.5 Å². The fourth-order valence-electron chi connectivity index (χ4n) is 3.98. The Morgan fingerprint density at radius 1 is 1.07 bits per heavy atom. The van der Waals surface area contributed by atoms with Gasteiger partial charge in [0.1, 0.15) is 23.3 Å². The third-order valence-electron chi connectivity index (χ3n) is 5.44. The van der Waals surface area contributed by atoms with Crippen LogP contribution in [-0.2, 0) is 6.54 Å². The molecule has 0 bridgehead atoms. The van der Waals surface area contributed by atoms with Crippen molar-refractivity contribution >= 4 is 16.7 Å². The minimum atomic E-state index is -0.376. The van der Waals surface area contributed by atoms with Gasteiger partial charge < -0.3 is 4.90 Å². The van der Waals surface area contributed by atoms with Gasteiger partial charge in [-0.05, 0) is 51.7 Å². The molecule has 2 aromatic heterocycles. The zero-order valence-electron chi connectivity index (χ0n) is 16.4. The first-order chi connectivity index (χ1) is 13.4. The van der Waals surface area contributed by atoms with Crippen molar-refractivity contribution < 1.29 is 4.39 Å². The highest BCUT2D eigenvalue weighted by Crippen LogP contribution is 2.24. The SMILES string of the molecule is Cc1cc(N2CCC(Cn3c(C)nc4cc(F)ccc4c3=O)CC2)nc(C)n1. The maximum Gasteiger partial charge on any atom is 0.261 e. The van der Waals surface area contributed by atoms with Gasteiger partial charge >= 0.3 is 0 Å². The molecule has 0 amide bonds. The molecule has 0 spiro atoms. The molecule has 3 aromatic rings. The van der Waals surface area contributed by atoms with Gasteiger partial charge in [-0.25, -0.2) is 19.3 Å². The highest BCUT2D eigenvalue weighted by atomic mass is 19.1. The summed E-state index contributed by atoms with van der Waals surface area (Å²) in [7, 11) is 0. The van der Waals surface area contributed by atoms with Gasteiger partial charge in [-0.3, -0.25) is 9.36 Å². The Morgan fingerprint density at radius 2 is 1.82 bits per heavy atom. The van der Waals surface area contributed by atoms with Gasteiger partial charge in [-0.1, -0.05) is 0 Å². The molecule has 1 aliphatic rings. The molecule has 0 radical (unpaired) electrons. The van der Waals surface area contributed by atoms with E-state index in [4.69, 9.17) is 0 Å². The standard InChI is InChI=1S/C21H24FN5O/c1-13-10-20(24-14(2)23-13)26-8-6-16(7-9-26)12-27-15(3)25-19-11-17(22)4-5-18(19)21(27)28/h4-5,10-11,16H,6-9,12H2,1-3H3. The largest absolute Gasteiger partial charge is 0.356 e. The molecule has 0 saturated carbocycles. The van der Waals surface area contributed by atoms with Crippen molar-refractivity contribution in [3.63, 3.8) is 0 Å². The number of benzene rings is 1. The Hall–Kier alpha value is -2.83. The highest BCUT2D eigenvalue weighted by molar-refractivity contribution is 5.77. The molecular formula is C21H24FN5O. The summed E-state index contributed by atoms with van der Waals surface area (Å²) in [6, 6.07) is 6.18. The predicted octanol–water partition coefficient (Wildman–Crippen LogP) is 3.17. The molecule has 28 heavy (non-hydrogen) atoms. The van der Waals surface area contributed by atoms with E-state index in [0.717, 1.165) is 43.3 Å². The van der Waals surface area contributed by atoms with Crippen molar-refractivity contribution in [2.24, 2.45) is 5.92 Å². The molecule has 0 N–H and O–H groups in total. The molecule has 1 aliphatic heterocycles. The number of halogens is 1. The number of piperidine rings is 1. The molecule has 1 fully saturated rings. The van der Waals surface area contributed by atoms with Gasteiger partial charge in [-0.15, -0.1) is 0 Å². The number of hydrogen-bond acceptors (Lipinski definition) is 5. The lowest BCUT2D eigenvalue weighted by Gasteiger charge is -2.33. The van der Waals surface area contributed by atoms with E-state index >= 15 is 0 Å². The Balaban J connectivity index is 1.51. The first-order valence-corrected chi connectivity index (χ1v) is 9.64. The van der Waals surface area contributed by atoms with E-state index in [0.29, 0.717) is 29.2 Å². The monoisotopic (exact) mass is 381 g/mol. The molecule has 4 rings (SSSR count). The maximum absolute atomic E-state index is 13.4. The molecule has 0 unspecified atom stereocenters. The minimum absolute atomic E-state index is 0.0908. The molecule has 1 aromatic carbocycles. The van der Waals surface area contributed by atoms with E-state index in [-0.39, 0.29) is 11.4 Å². The van der Waals surface area contributed by atoms with E-state index < -0.39 is 0 Å². The molecule has 0 aliphatic carbocycles. The van der Waals surface area contributed by atoms with Crippen LogP contribution in [0.25, 0.3) is 10.9 Å². The lowest BCUT2D eigenvalue weighted by molar-refractivity contribution is 0.348. The first-order valence-electron chi connectivity index (χ1n) is 9.64. The van der Waals surface area contributed by atoms with Gasteiger partial charge in [0.2, 0.25) is 0 Å². The Labute approximate surface area is 163 Å². The number of hydrogen-bond donors (Lipinski definition) is 0. The number of rotatable bonds is 3. The lowest BCUT2D eigenvalue weighted by Crippen LogP contribution is -2.37. The van der Waals surface area contributed by atoms with E-state index in [1.54, 1.807) is 4.57 Å². The Bertz CT molecular complexity index is 1070. The van der Waals surface area contributed by atoms with E-state index in [1.165, 1.54) is 18.2 Å². The average molecular weight is 381 g/mol. The van der Waals surface area contributed by atoms with Crippen molar-refractivity contribution in [1.29, 1.82) is 0 Å². The Morgan fingerprint density at radius 3 is 2.54 bits per heavy atom. The predicted molar refractivity (Wildman–Crippen MR) is 107 cm³/mol. The summed E-state index contributed by atoms with van der Waals surface area (Å²) in [5.41, 5.74) is 1.31. The molecule has 146 valence electrons. The number of aryl methyl sites for hydroxylation is 3. The van der Waals surface area contributed by atoms with Crippen LogP contribution in [0.2, 0.25) is 0 Å². The van der Waals surface area contributed by atoms with Crippen molar-refractivity contribution in [3.8, 4) is 0 Å². The summed E-state index contributed by atoms with van der Waals surface area (Å²) in [6.45, 7) is 8.16. The zero-order chi connectivity index (χ0) is 19.8. The van der Waals surface area contributed by atoms with Gasteiger partial charge in [-0.2, -0.15) is 0 Å². The van der Waals surface area contributed by atoms with Crippen molar-refractivity contribution in [3.05, 3.63) is 57.8 Å². The summed E-state index contributed by atoms with van der Waals surface area (Å²) in [6.07, 6.45) is 1.96. The van der Waals surface area contributed by atoms with Gasteiger partial charge in [0.05, 0.1) is 10.9 Å². The maximum atomic E-state index is 13.4. The zero-order valence-corrected chi connectivity index (χ0v) is 16.4. The molecular weight excluding hydrogens is 357 g/mol. The molecule has 7 heteroatoms. The number of aromatic nitrogens is 4. The summed E-state index contributed by atoms with van der Waals surface area (Å²) in [5, 5.41) is 0.469. The second-order valence-corrected chi connectivity index (χ2v) is 7.58. The third kappa shape index (κ3) is 3.61. The molecule has 6 nitrogen and oxygen atoms in total. The topological polar surface area (TPSA) is 63.9 Å². The van der Waals surface area contributed by atoms with Crippen LogP contribution in [0.1, 0.15) is 30.2 Å². The number of fused-ring (bicyclic) bond motifs is 1. The second kappa shape index (κ2) is 7.30. The Kier molecular flexibility index (Phi) is 4.83. The van der Waals surface area contributed by atoms with Gasteiger partial charge in [0, 0.05) is 37.5 Å². The van der Waals surface area contributed by atoms with Crippen LogP contribution < -0.4 is 10.5 Å². The van der Waals surface area contributed by atoms with Gasteiger partial charge in [0.15, 0.2) is 0 Å². The van der Waals surface area contributed by atoms with Crippen LogP contribution in [0.3, 0.4) is 0 Å². The van der Waals surface area contributed by atoms with Crippen molar-refractivity contribution in [1.82, 2.24) is 19.5 Å². The summed E-state index contributed by atoms with van der Waals surface area (Å²) in [4.78, 5) is 28.5. The quantitative estimate of drug-likeness (QED) is 0.697. The molecule has 1 saturated heterocycles.